The second-order valence-electron chi connectivity index (χ2n) is 6.56. The summed E-state index contributed by atoms with van der Waals surface area (Å²) in [6.07, 6.45) is 0. The highest BCUT2D eigenvalue weighted by Crippen LogP contribution is 2.30. The quantitative estimate of drug-likeness (QED) is 0.529. The Labute approximate surface area is 170 Å². The molecule has 1 N–H and O–H groups in total. The van der Waals surface area contributed by atoms with Crippen LogP contribution in [0.15, 0.2) is 60.7 Å². The lowest BCUT2D eigenvalue weighted by Gasteiger charge is -2.14. The molecule has 3 aromatic carbocycles. The highest BCUT2D eigenvalue weighted by molar-refractivity contribution is 6.31. The van der Waals surface area contributed by atoms with E-state index < -0.39 is 0 Å². The molecule has 0 heterocycles. The van der Waals surface area contributed by atoms with E-state index in [9.17, 15) is 4.39 Å². The third-order valence-corrected chi connectivity index (χ3v) is 4.79. The van der Waals surface area contributed by atoms with E-state index in [4.69, 9.17) is 21.1 Å². The van der Waals surface area contributed by atoms with Crippen LogP contribution in [0.1, 0.15) is 22.3 Å². The summed E-state index contributed by atoms with van der Waals surface area (Å²) >= 11 is 6.05. The van der Waals surface area contributed by atoms with E-state index in [1.807, 2.05) is 18.2 Å². The fraction of sp³-hybridized carbons (Fsp3) is 0.217. The van der Waals surface area contributed by atoms with Crippen molar-refractivity contribution in [2.75, 3.05) is 7.11 Å². The van der Waals surface area contributed by atoms with Gasteiger partial charge in [0.05, 0.1) is 12.1 Å². The van der Waals surface area contributed by atoms with Crippen molar-refractivity contribution < 1.29 is 13.9 Å². The maximum Gasteiger partial charge on any atom is 0.161 e. The normalized spacial score (nSPS) is 10.7. The highest BCUT2D eigenvalue weighted by atomic mass is 35.5. The van der Waals surface area contributed by atoms with Crippen molar-refractivity contribution in [2.24, 2.45) is 0 Å². The number of halogens is 2. The molecule has 0 aliphatic carbocycles. The summed E-state index contributed by atoms with van der Waals surface area (Å²) in [6, 6.07) is 18.7. The van der Waals surface area contributed by atoms with Crippen LogP contribution in [0.2, 0.25) is 5.02 Å². The van der Waals surface area contributed by atoms with Crippen LogP contribution in [0.25, 0.3) is 0 Å². The van der Waals surface area contributed by atoms with Crippen LogP contribution in [-0.2, 0) is 19.7 Å². The molecule has 3 nitrogen and oxygen atoms in total. The Morgan fingerprint density at radius 3 is 2.36 bits per heavy atom. The number of benzene rings is 3. The molecule has 5 heteroatoms. The molecule has 0 amide bonds. The van der Waals surface area contributed by atoms with Crippen LogP contribution in [0.5, 0.6) is 11.5 Å². The maximum atomic E-state index is 13.9. The van der Waals surface area contributed by atoms with Gasteiger partial charge in [0.2, 0.25) is 0 Å². The van der Waals surface area contributed by atoms with Gasteiger partial charge in [0.25, 0.3) is 0 Å². The summed E-state index contributed by atoms with van der Waals surface area (Å²) in [7, 11) is 1.59. The van der Waals surface area contributed by atoms with Crippen LogP contribution < -0.4 is 14.8 Å². The number of hydrogen-bond donors (Lipinski definition) is 1. The van der Waals surface area contributed by atoms with Crippen molar-refractivity contribution in [3.8, 4) is 11.5 Å². The van der Waals surface area contributed by atoms with Gasteiger partial charge in [-0.05, 0) is 42.3 Å². The first-order valence-corrected chi connectivity index (χ1v) is 9.43. The maximum absolute atomic E-state index is 13.9. The van der Waals surface area contributed by atoms with Crippen molar-refractivity contribution >= 4 is 11.6 Å². The summed E-state index contributed by atoms with van der Waals surface area (Å²) in [5.41, 5.74) is 3.88. The van der Waals surface area contributed by atoms with Gasteiger partial charge in [-0.15, -0.1) is 0 Å². The van der Waals surface area contributed by atoms with Crippen LogP contribution in [0, 0.1) is 12.7 Å². The van der Waals surface area contributed by atoms with Gasteiger partial charge >= 0.3 is 0 Å². The van der Waals surface area contributed by atoms with Crippen molar-refractivity contribution in [3.63, 3.8) is 0 Å². The zero-order valence-electron chi connectivity index (χ0n) is 16.0. The molecule has 146 valence electrons. The minimum atomic E-state index is -0.386. The SMILES string of the molecule is COc1cc(CNCc2ccc(C)cc2)ccc1OCc1c(F)cccc1Cl. The number of ether oxygens (including phenoxy) is 2. The second-order valence-corrected chi connectivity index (χ2v) is 6.97. The molecule has 28 heavy (non-hydrogen) atoms. The number of hydrogen-bond acceptors (Lipinski definition) is 3. The molecule has 3 aromatic rings. The van der Waals surface area contributed by atoms with E-state index in [-0.39, 0.29) is 12.4 Å². The fourth-order valence-electron chi connectivity index (χ4n) is 2.82. The van der Waals surface area contributed by atoms with Gasteiger partial charge < -0.3 is 14.8 Å². The zero-order valence-corrected chi connectivity index (χ0v) is 16.7. The van der Waals surface area contributed by atoms with Gasteiger partial charge in [-0.1, -0.05) is 53.6 Å². The predicted octanol–water partition coefficient (Wildman–Crippen LogP) is 5.66. The second kappa shape index (κ2) is 9.58. The van der Waals surface area contributed by atoms with Crippen molar-refractivity contribution in [2.45, 2.75) is 26.6 Å². The van der Waals surface area contributed by atoms with Crippen LogP contribution in [0.4, 0.5) is 4.39 Å². The van der Waals surface area contributed by atoms with E-state index in [1.54, 1.807) is 19.2 Å². The number of rotatable bonds is 8. The number of methoxy groups -OCH3 is 1. The molecule has 0 saturated carbocycles. The van der Waals surface area contributed by atoms with Gasteiger partial charge in [-0.2, -0.15) is 0 Å². The lowest BCUT2D eigenvalue weighted by Crippen LogP contribution is -2.12. The van der Waals surface area contributed by atoms with Crippen molar-refractivity contribution in [3.05, 3.63) is 93.8 Å². The molecule has 0 spiro atoms. The van der Waals surface area contributed by atoms with Crippen LogP contribution in [0.3, 0.4) is 0 Å². The van der Waals surface area contributed by atoms with Gasteiger partial charge in [0, 0.05) is 18.7 Å². The molecule has 0 fully saturated rings. The summed E-state index contributed by atoms with van der Waals surface area (Å²) in [6.45, 7) is 3.59. The largest absolute Gasteiger partial charge is 0.493 e. The molecule has 0 aliphatic rings. The Balaban J connectivity index is 1.61. The summed E-state index contributed by atoms with van der Waals surface area (Å²) in [4.78, 5) is 0. The van der Waals surface area contributed by atoms with E-state index >= 15 is 0 Å². The van der Waals surface area contributed by atoms with E-state index in [1.165, 1.54) is 17.2 Å². The van der Waals surface area contributed by atoms with Crippen LogP contribution in [-0.4, -0.2) is 7.11 Å². The molecular formula is C23H23ClFNO2. The lowest BCUT2D eigenvalue weighted by atomic mass is 10.1. The minimum Gasteiger partial charge on any atom is -0.493 e. The molecule has 3 rings (SSSR count). The Morgan fingerprint density at radius 1 is 0.929 bits per heavy atom. The minimum absolute atomic E-state index is 0.0346. The highest BCUT2D eigenvalue weighted by Gasteiger charge is 2.11. The number of aryl methyl sites for hydroxylation is 1. The topological polar surface area (TPSA) is 30.5 Å². The fourth-order valence-corrected chi connectivity index (χ4v) is 3.04. The summed E-state index contributed by atoms with van der Waals surface area (Å²) < 4.78 is 25.1. The Morgan fingerprint density at radius 2 is 1.64 bits per heavy atom. The lowest BCUT2D eigenvalue weighted by molar-refractivity contribution is 0.279. The molecule has 0 unspecified atom stereocenters. The van der Waals surface area contributed by atoms with Crippen molar-refractivity contribution in [1.29, 1.82) is 0 Å². The molecule has 0 saturated heterocycles. The monoisotopic (exact) mass is 399 g/mol. The smallest absolute Gasteiger partial charge is 0.161 e. The van der Waals surface area contributed by atoms with Gasteiger partial charge in [-0.3, -0.25) is 0 Å². The Bertz CT molecular complexity index is 908. The zero-order chi connectivity index (χ0) is 19.9. The van der Waals surface area contributed by atoms with Gasteiger partial charge in [0.1, 0.15) is 12.4 Å². The first kappa shape index (κ1) is 20.2. The standard InChI is InChI=1S/C23H23ClFNO2/c1-16-6-8-17(9-7-16)13-26-14-18-10-11-22(23(12-18)27-2)28-15-19-20(24)4-3-5-21(19)25/h3-12,26H,13-15H2,1-2H3. The third-order valence-electron chi connectivity index (χ3n) is 4.44. The van der Waals surface area contributed by atoms with E-state index in [2.05, 4.69) is 36.5 Å². The van der Waals surface area contributed by atoms with Crippen LogP contribution >= 0.6 is 11.6 Å². The molecular weight excluding hydrogens is 377 g/mol. The molecule has 0 aliphatic heterocycles. The summed E-state index contributed by atoms with van der Waals surface area (Å²) in [5.74, 6) is 0.759. The van der Waals surface area contributed by atoms with E-state index in [0.29, 0.717) is 28.6 Å². The Hall–Kier alpha value is -2.56. The first-order chi connectivity index (χ1) is 13.6. The summed E-state index contributed by atoms with van der Waals surface area (Å²) in [5, 5.41) is 3.76. The Kier molecular flexibility index (Phi) is 6.90. The molecule has 0 aromatic heterocycles. The predicted molar refractivity (Wildman–Crippen MR) is 110 cm³/mol. The third kappa shape index (κ3) is 5.24. The average Bonchev–Trinajstić information content (AvgIpc) is 2.69. The molecule has 0 bridgehead atoms. The van der Waals surface area contributed by atoms with Gasteiger partial charge in [-0.25, -0.2) is 4.39 Å². The van der Waals surface area contributed by atoms with Gasteiger partial charge in [0.15, 0.2) is 11.5 Å². The molecule has 0 radical (unpaired) electrons. The molecule has 0 atom stereocenters. The van der Waals surface area contributed by atoms with Crippen molar-refractivity contribution in [1.82, 2.24) is 5.32 Å². The number of nitrogens with one attached hydrogen (secondary N) is 1. The van der Waals surface area contributed by atoms with E-state index in [0.717, 1.165) is 12.1 Å². The first-order valence-electron chi connectivity index (χ1n) is 9.05. The average molecular weight is 400 g/mol.